The van der Waals surface area contributed by atoms with Crippen LogP contribution in [0.25, 0.3) is 22.1 Å². The fourth-order valence-electron chi connectivity index (χ4n) is 1.80. The van der Waals surface area contributed by atoms with Crippen molar-refractivity contribution in [3.05, 3.63) is 24.8 Å². The normalized spacial score (nSPS) is 11.6. The molecule has 1 aromatic carbocycles. The van der Waals surface area contributed by atoms with Gasteiger partial charge < -0.3 is 9.13 Å². The van der Waals surface area contributed by atoms with E-state index in [1.54, 1.807) is 0 Å². The van der Waals surface area contributed by atoms with Gasteiger partial charge in [-0.25, -0.2) is 9.97 Å². The highest BCUT2D eigenvalue weighted by Gasteiger charge is 2.07. The van der Waals surface area contributed by atoms with Gasteiger partial charge in [0.05, 0.1) is 23.7 Å². The minimum atomic E-state index is 0.977. The molecule has 0 bridgehead atoms. The van der Waals surface area contributed by atoms with Crippen molar-refractivity contribution >= 4 is 22.1 Å². The van der Waals surface area contributed by atoms with Crippen LogP contribution in [-0.2, 0) is 14.1 Å². The maximum Gasteiger partial charge on any atom is 0.116 e. The van der Waals surface area contributed by atoms with Crippen LogP contribution < -0.4 is 0 Å². The van der Waals surface area contributed by atoms with Crippen molar-refractivity contribution in [2.75, 3.05) is 0 Å². The predicted molar refractivity (Wildman–Crippen MR) is 55.0 cm³/mol. The first kappa shape index (κ1) is 7.55. The van der Waals surface area contributed by atoms with Gasteiger partial charge in [-0.3, -0.25) is 0 Å². The van der Waals surface area contributed by atoms with Gasteiger partial charge in [0.1, 0.15) is 11.0 Å². The van der Waals surface area contributed by atoms with Crippen LogP contribution in [0.15, 0.2) is 24.8 Å². The molecule has 0 aliphatic carbocycles. The molecule has 2 heterocycles. The van der Waals surface area contributed by atoms with Crippen molar-refractivity contribution in [3.63, 3.8) is 0 Å². The number of imidazole rings is 2. The molecule has 0 saturated carbocycles. The molecule has 0 aliphatic heterocycles. The number of benzene rings is 1. The van der Waals surface area contributed by atoms with E-state index in [0.29, 0.717) is 0 Å². The Morgan fingerprint density at radius 2 is 1.29 bits per heavy atom. The van der Waals surface area contributed by atoms with E-state index in [2.05, 4.69) is 22.1 Å². The molecule has 4 nitrogen and oxygen atoms in total. The Morgan fingerprint density at radius 1 is 0.857 bits per heavy atom. The molecule has 3 rings (SSSR count). The Labute approximate surface area is 80.8 Å². The molecule has 0 aliphatic rings. The molecule has 0 N–H and O–H groups in total. The second-order valence-electron chi connectivity index (χ2n) is 3.51. The third-order valence-corrected chi connectivity index (χ3v) is 2.59. The van der Waals surface area contributed by atoms with Crippen LogP contribution in [0.4, 0.5) is 0 Å². The molecule has 0 radical (unpaired) electrons. The SMILES string of the molecule is Cn1cnc2c3ncn(C)c3ccc21. The van der Waals surface area contributed by atoms with E-state index < -0.39 is 0 Å². The molecule has 0 unspecified atom stereocenters. The van der Waals surface area contributed by atoms with Crippen molar-refractivity contribution in [1.29, 1.82) is 0 Å². The van der Waals surface area contributed by atoms with Crippen LogP contribution in [0.5, 0.6) is 0 Å². The van der Waals surface area contributed by atoms with Crippen LogP contribution >= 0.6 is 0 Å². The van der Waals surface area contributed by atoms with Crippen LogP contribution in [0.2, 0.25) is 0 Å². The lowest BCUT2D eigenvalue weighted by molar-refractivity contribution is 0.944. The predicted octanol–water partition coefficient (Wildman–Crippen LogP) is 1.46. The number of fused-ring (bicyclic) bond motifs is 3. The summed E-state index contributed by atoms with van der Waals surface area (Å²) in [6.07, 6.45) is 3.64. The van der Waals surface area contributed by atoms with Gasteiger partial charge in [-0.2, -0.15) is 0 Å². The molecular weight excluding hydrogens is 176 g/mol. The number of aromatic nitrogens is 4. The Morgan fingerprint density at radius 3 is 1.71 bits per heavy atom. The lowest BCUT2D eigenvalue weighted by Gasteiger charge is -1.96. The summed E-state index contributed by atoms with van der Waals surface area (Å²) >= 11 is 0. The first-order valence-electron chi connectivity index (χ1n) is 4.48. The first-order valence-corrected chi connectivity index (χ1v) is 4.48. The molecule has 0 atom stereocenters. The van der Waals surface area contributed by atoms with E-state index in [9.17, 15) is 0 Å². The van der Waals surface area contributed by atoms with Crippen molar-refractivity contribution in [2.24, 2.45) is 14.1 Å². The molecule has 14 heavy (non-hydrogen) atoms. The van der Waals surface area contributed by atoms with Crippen molar-refractivity contribution in [3.8, 4) is 0 Å². The monoisotopic (exact) mass is 186 g/mol. The molecule has 70 valence electrons. The van der Waals surface area contributed by atoms with Crippen LogP contribution in [-0.4, -0.2) is 19.1 Å². The minimum Gasteiger partial charge on any atom is -0.334 e. The summed E-state index contributed by atoms with van der Waals surface area (Å²) in [4.78, 5) is 8.69. The minimum absolute atomic E-state index is 0.977. The number of hydrogen-bond acceptors (Lipinski definition) is 2. The van der Waals surface area contributed by atoms with E-state index >= 15 is 0 Å². The van der Waals surface area contributed by atoms with Gasteiger partial charge in [-0.05, 0) is 12.1 Å². The van der Waals surface area contributed by atoms with Crippen molar-refractivity contribution in [2.45, 2.75) is 0 Å². The van der Waals surface area contributed by atoms with Crippen LogP contribution in [0, 0.1) is 0 Å². The van der Waals surface area contributed by atoms with E-state index in [0.717, 1.165) is 22.1 Å². The summed E-state index contributed by atoms with van der Waals surface area (Å²) in [5.41, 5.74) is 4.20. The lowest BCUT2D eigenvalue weighted by atomic mass is 10.2. The van der Waals surface area contributed by atoms with E-state index in [1.807, 2.05) is 35.9 Å². The van der Waals surface area contributed by atoms with Gasteiger partial charge >= 0.3 is 0 Å². The fraction of sp³-hybridized carbons (Fsp3) is 0.200. The second-order valence-corrected chi connectivity index (χ2v) is 3.51. The van der Waals surface area contributed by atoms with E-state index in [1.165, 1.54) is 0 Å². The average molecular weight is 186 g/mol. The third-order valence-electron chi connectivity index (χ3n) is 2.59. The Hall–Kier alpha value is -1.84. The highest BCUT2D eigenvalue weighted by molar-refractivity contribution is 6.00. The maximum absolute atomic E-state index is 4.35. The summed E-state index contributed by atoms with van der Waals surface area (Å²) in [6, 6.07) is 4.15. The number of nitrogens with zero attached hydrogens (tertiary/aromatic N) is 4. The van der Waals surface area contributed by atoms with Crippen molar-refractivity contribution in [1.82, 2.24) is 19.1 Å². The number of hydrogen-bond donors (Lipinski definition) is 0. The molecule has 0 fully saturated rings. The van der Waals surface area contributed by atoms with Crippen LogP contribution in [0.1, 0.15) is 0 Å². The Kier molecular flexibility index (Phi) is 1.27. The standard InChI is InChI=1S/C10H10N4/c1-13-5-11-9-7(13)3-4-8-10(9)12-6-14(8)2/h3-6H,1-2H3. The topological polar surface area (TPSA) is 35.6 Å². The summed E-state index contributed by atoms with van der Waals surface area (Å²) in [5.74, 6) is 0. The fourth-order valence-corrected chi connectivity index (χ4v) is 1.80. The molecule has 2 aromatic heterocycles. The third kappa shape index (κ3) is 0.775. The smallest absolute Gasteiger partial charge is 0.116 e. The van der Waals surface area contributed by atoms with Gasteiger partial charge in [0.25, 0.3) is 0 Å². The zero-order chi connectivity index (χ0) is 9.71. The quantitative estimate of drug-likeness (QED) is 0.533. The summed E-state index contributed by atoms with van der Waals surface area (Å²) in [7, 11) is 3.98. The second kappa shape index (κ2) is 2.35. The molecule has 3 aromatic rings. The van der Waals surface area contributed by atoms with Crippen LogP contribution in [0.3, 0.4) is 0 Å². The largest absolute Gasteiger partial charge is 0.334 e. The molecular formula is C10H10N4. The summed E-state index contributed by atoms with van der Waals surface area (Å²) in [6.45, 7) is 0. The average Bonchev–Trinajstić information content (AvgIpc) is 2.72. The lowest BCUT2D eigenvalue weighted by Crippen LogP contribution is -1.85. The van der Waals surface area contributed by atoms with Gasteiger partial charge in [-0.15, -0.1) is 0 Å². The molecule has 0 spiro atoms. The van der Waals surface area contributed by atoms with Crippen molar-refractivity contribution < 1.29 is 0 Å². The molecule has 4 heteroatoms. The zero-order valence-electron chi connectivity index (χ0n) is 8.10. The Bertz CT molecular complexity index is 562. The van der Waals surface area contributed by atoms with Gasteiger partial charge in [0, 0.05) is 14.1 Å². The number of rotatable bonds is 0. The molecule has 0 saturated heterocycles. The summed E-state index contributed by atoms with van der Waals surface area (Å²) < 4.78 is 4.01. The van der Waals surface area contributed by atoms with Gasteiger partial charge in [0.15, 0.2) is 0 Å². The van der Waals surface area contributed by atoms with E-state index in [4.69, 9.17) is 0 Å². The summed E-state index contributed by atoms with van der Waals surface area (Å²) in [5, 5.41) is 0. The first-order chi connectivity index (χ1) is 6.77. The highest BCUT2D eigenvalue weighted by atomic mass is 15.1. The number of aryl methyl sites for hydroxylation is 2. The highest BCUT2D eigenvalue weighted by Crippen LogP contribution is 2.21. The van der Waals surface area contributed by atoms with Gasteiger partial charge in [-0.1, -0.05) is 0 Å². The van der Waals surface area contributed by atoms with Gasteiger partial charge in [0.2, 0.25) is 0 Å². The Balaban J connectivity index is 2.62. The zero-order valence-corrected chi connectivity index (χ0v) is 8.10. The molecule has 0 amide bonds. The maximum atomic E-state index is 4.35. The van der Waals surface area contributed by atoms with E-state index in [-0.39, 0.29) is 0 Å².